The van der Waals surface area contributed by atoms with Gasteiger partial charge in [-0.1, -0.05) is 35.9 Å². The Labute approximate surface area is 158 Å². The molecule has 3 amide bonds. The maximum absolute atomic E-state index is 12.6. The molecular formula is C20H22ClN3O2. The van der Waals surface area contributed by atoms with Gasteiger partial charge in [0.25, 0.3) is 5.91 Å². The predicted octanol–water partition coefficient (Wildman–Crippen LogP) is 4.46. The summed E-state index contributed by atoms with van der Waals surface area (Å²) in [4.78, 5) is 26.3. The van der Waals surface area contributed by atoms with Crippen molar-refractivity contribution < 1.29 is 9.59 Å². The van der Waals surface area contributed by atoms with Gasteiger partial charge in [-0.25, -0.2) is 4.79 Å². The SMILES string of the molecule is CC(c1ccccc1Cl)N(C)C(=O)Nc1cccc(C(=O)NC2CC2)c1. The van der Waals surface area contributed by atoms with Gasteiger partial charge in [-0.2, -0.15) is 0 Å². The summed E-state index contributed by atoms with van der Waals surface area (Å²) < 4.78 is 0. The van der Waals surface area contributed by atoms with Crippen molar-refractivity contribution in [1.82, 2.24) is 10.2 Å². The Morgan fingerprint density at radius 1 is 1.15 bits per heavy atom. The molecule has 5 nitrogen and oxygen atoms in total. The Morgan fingerprint density at radius 2 is 1.88 bits per heavy atom. The predicted molar refractivity (Wildman–Crippen MR) is 104 cm³/mol. The zero-order valence-corrected chi connectivity index (χ0v) is 15.6. The number of carbonyl (C=O) groups excluding carboxylic acids is 2. The zero-order chi connectivity index (χ0) is 18.7. The number of carbonyl (C=O) groups is 2. The fraction of sp³-hybridized carbons (Fsp3) is 0.300. The topological polar surface area (TPSA) is 61.4 Å². The van der Waals surface area contributed by atoms with Gasteiger partial charge in [0.1, 0.15) is 0 Å². The summed E-state index contributed by atoms with van der Waals surface area (Å²) >= 11 is 6.23. The van der Waals surface area contributed by atoms with E-state index in [4.69, 9.17) is 11.6 Å². The lowest BCUT2D eigenvalue weighted by atomic mass is 10.1. The molecule has 1 aliphatic carbocycles. The third-order valence-electron chi connectivity index (χ3n) is 4.55. The molecule has 136 valence electrons. The zero-order valence-electron chi connectivity index (χ0n) is 14.8. The van der Waals surface area contributed by atoms with Crippen LogP contribution in [0.15, 0.2) is 48.5 Å². The first kappa shape index (κ1) is 18.3. The maximum atomic E-state index is 12.6. The highest BCUT2D eigenvalue weighted by atomic mass is 35.5. The van der Waals surface area contributed by atoms with E-state index in [1.54, 1.807) is 42.3 Å². The van der Waals surface area contributed by atoms with Gasteiger partial charge in [0, 0.05) is 29.4 Å². The normalized spacial score (nSPS) is 14.4. The van der Waals surface area contributed by atoms with Crippen LogP contribution in [0.5, 0.6) is 0 Å². The second-order valence-corrected chi connectivity index (χ2v) is 6.97. The molecule has 2 N–H and O–H groups in total. The standard InChI is InChI=1S/C20H22ClN3O2/c1-13(17-8-3-4-9-18(17)21)24(2)20(26)23-16-7-5-6-14(12-16)19(25)22-15-10-11-15/h3-9,12-13,15H,10-11H2,1-2H3,(H,22,25)(H,23,26). The first-order valence-electron chi connectivity index (χ1n) is 8.65. The molecule has 0 aromatic heterocycles. The van der Waals surface area contributed by atoms with Crippen LogP contribution in [0.25, 0.3) is 0 Å². The summed E-state index contributed by atoms with van der Waals surface area (Å²) in [6.45, 7) is 1.92. The second-order valence-electron chi connectivity index (χ2n) is 6.57. The molecule has 0 aliphatic heterocycles. The van der Waals surface area contributed by atoms with E-state index in [1.165, 1.54) is 0 Å². The van der Waals surface area contributed by atoms with E-state index >= 15 is 0 Å². The number of halogens is 1. The molecule has 2 aromatic carbocycles. The van der Waals surface area contributed by atoms with Gasteiger partial charge in [0.2, 0.25) is 0 Å². The van der Waals surface area contributed by atoms with Crippen LogP contribution in [0.4, 0.5) is 10.5 Å². The van der Waals surface area contributed by atoms with Crippen LogP contribution in [0, 0.1) is 0 Å². The van der Waals surface area contributed by atoms with Crippen molar-refractivity contribution in [2.45, 2.75) is 31.8 Å². The van der Waals surface area contributed by atoms with Crippen LogP contribution in [0.3, 0.4) is 0 Å². The van der Waals surface area contributed by atoms with Crippen LogP contribution in [-0.2, 0) is 0 Å². The van der Waals surface area contributed by atoms with Crippen molar-refractivity contribution in [3.63, 3.8) is 0 Å². The van der Waals surface area contributed by atoms with E-state index in [1.807, 2.05) is 25.1 Å². The minimum Gasteiger partial charge on any atom is -0.349 e. The largest absolute Gasteiger partial charge is 0.349 e. The molecule has 1 saturated carbocycles. The van der Waals surface area contributed by atoms with Crippen molar-refractivity contribution >= 4 is 29.2 Å². The monoisotopic (exact) mass is 371 g/mol. The van der Waals surface area contributed by atoms with Gasteiger partial charge in [0.05, 0.1) is 6.04 Å². The minimum atomic E-state index is -0.267. The van der Waals surface area contributed by atoms with Gasteiger partial charge in [0.15, 0.2) is 0 Å². The molecule has 1 fully saturated rings. The number of benzene rings is 2. The van der Waals surface area contributed by atoms with E-state index < -0.39 is 0 Å². The third kappa shape index (κ3) is 4.35. The molecule has 6 heteroatoms. The van der Waals surface area contributed by atoms with E-state index in [9.17, 15) is 9.59 Å². The molecular weight excluding hydrogens is 350 g/mol. The van der Waals surface area contributed by atoms with Crippen molar-refractivity contribution in [3.05, 3.63) is 64.7 Å². The molecule has 1 atom stereocenters. The van der Waals surface area contributed by atoms with Crippen molar-refractivity contribution in [1.29, 1.82) is 0 Å². The van der Waals surface area contributed by atoms with Gasteiger partial charge in [-0.15, -0.1) is 0 Å². The number of rotatable bonds is 5. The van der Waals surface area contributed by atoms with Gasteiger partial charge in [-0.05, 0) is 49.6 Å². The minimum absolute atomic E-state index is 0.110. The summed E-state index contributed by atoms with van der Waals surface area (Å²) in [7, 11) is 1.72. The number of hydrogen-bond acceptors (Lipinski definition) is 2. The first-order valence-corrected chi connectivity index (χ1v) is 9.02. The Bertz CT molecular complexity index is 820. The van der Waals surface area contributed by atoms with Crippen molar-refractivity contribution in [2.24, 2.45) is 0 Å². The van der Waals surface area contributed by atoms with Crippen LogP contribution in [0.1, 0.15) is 41.7 Å². The van der Waals surface area contributed by atoms with Crippen LogP contribution in [0.2, 0.25) is 5.02 Å². The van der Waals surface area contributed by atoms with Gasteiger partial charge < -0.3 is 15.5 Å². The number of nitrogens with zero attached hydrogens (tertiary/aromatic N) is 1. The Hall–Kier alpha value is -2.53. The summed E-state index contributed by atoms with van der Waals surface area (Å²) in [5, 5.41) is 6.41. The summed E-state index contributed by atoms with van der Waals surface area (Å²) in [6, 6.07) is 14.2. The van der Waals surface area contributed by atoms with Crippen molar-refractivity contribution in [2.75, 3.05) is 12.4 Å². The quantitative estimate of drug-likeness (QED) is 0.815. The molecule has 2 aromatic rings. The lowest BCUT2D eigenvalue weighted by Gasteiger charge is -2.26. The Morgan fingerprint density at radius 3 is 2.58 bits per heavy atom. The number of amides is 3. The first-order chi connectivity index (χ1) is 12.5. The molecule has 0 radical (unpaired) electrons. The highest BCUT2D eigenvalue weighted by Crippen LogP contribution is 2.26. The Balaban J connectivity index is 1.67. The molecule has 0 bridgehead atoms. The molecule has 1 unspecified atom stereocenters. The number of urea groups is 1. The molecule has 3 rings (SSSR count). The number of nitrogens with one attached hydrogen (secondary N) is 2. The lowest BCUT2D eigenvalue weighted by Crippen LogP contribution is -2.33. The maximum Gasteiger partial charge on any atom is 0.322 e. The molecule has 0 spiro atoms. The summed E-state index contributed by atoms with van der Waals surface area (Å²) in [5.74, 6) is -0.110. The second kappa shape index (κ2) is 7.79. The lowest BCUT2D eigenvalue weighted by molar-refractivity contribution is 0.0951. The molecule has 0 saturated heterocycles. The van der Waals surface area contributed by atoms with Crippen LogP contribution in [-0.4, -0.2) is 29.9 Å². The average molecular weight is 372 g/mol. The van der Waals surface area contributed by atoms with Gasteiger partial charge in [-0.3, -0.25) is 4.79 Å². The van der Waals surface area contributed by atoms with E-state index in [2.05, 4.69) is 10.6 Å². The van der Waals surface area contributed by atoms with E-state index in [-0.39, 0.29) is 18.0 Å². The summed E-state index contributed by atoms with van der Waals surface area (Å²) in [5.41, 5.74) is 2.00. The third-order valence-corrected chi connectivity index (χ3v) is 4.89. The molecule has 26 heavy (non-hydrogen) atoms. The van der Waals surface area contributed by atoms with Crippen LogP contribution < -0.4 is 10.6 Å². The Kier molecular flexibility index (Phi) is 5.47. The number of anilines is 1. The summed E-state index contributed by atoms with van der Waals surface area (Å²) in [6.07, 6.45) is 2.07. The number of hydrogen-bond donors (Lipinski definition) is 2. The smallest absolute Gasteiger partial charge is 0.322 e. The highest BCUT2D eigenvalue weighted by Gasteiger charge is 2.24. The van der Waals surface area contributed by atoms with Crippen LogP contribution >= 0.6 is 11.6 Å². The highest BCUT2D eigenvalue weighted by molar-refractivity contribution is 6.31. The molecule has 1 aliphatic rings. The van der Waals surface area contributed by atoms with Crippen molar-refractivity contribution in [3.8, 4) is 0 Å². The average Bonchev–Trinajstić information content (AvgIpc) is 3.45. The van der Waals surface area contributed by atoms with E-state index in [0.717, 1.165) is 18.4 Å². The van der Waals surface area contributed by atoms with E-state index in [0.29, 0.717) is 22.3 Å². The fourth-order valence-electron chi connectivity index (χ4n) is 2.64. The fourth-order valence-corrected chi connectivity index (χ4v) is 2.94. The van der Waals surface area contributed by atoms with Gasteiger partial charge >= 0.3 is 6.03 Å². The molecule has 0 heterocycles.